The fraction of sp³-hybridized carbons (Fsp3) is 0.471. The van der Waals surface area contributed by atoms with Crippen molar-refractivity contribution in [2.75, 3.05) is 6.54 Å². The summed E-state index contributed by atoms with van der Waals surface area (Å²) in [5.41, 5.74) is 2.67. The maximum Gasteiger partial charge on any atom is 0.0543 e. The molecule has 1 unspecified atom stereocenters. The number of rotatable bonds is 5. The lowest BCUT2D eigenvalue weighted by atomic mass is 10.0. The van der Waals surface area contributed by atoms with Gasteiger partial charge < -0.3 is 5.32 Å². The molecule has 0 amide bonds. The fourth-order valence-corrected chi connectivity index (χ4v) is 2.15. The van der Waals surface area contributed by atoms with Gasteiger partial charge in [-0.3, -0.25) is 4.68 Å². The quantitative estimate of drug-likeness (QED) is 0.901. The van der Waals surface area contributed by atoms with Crippen LogP contribution in [0.15, 0.2) is 42.7 Å². The molecule has 0 bridgehead atoms. The van der Waals surface area contributed by atoms with Gasteiger partial charge in [0.1, 0.15) is 0 Å². The van der Waals surface area contributed by atoms with Crippen LogP contribution in [0.3, 0.4) is 0 Å². The number of aromatic nitrogens is 2. The van der Waals surface area contributed by atoms with E-state index >= 15 is 0 Å². The van der Waals surface area contributed by atoms with Gasteiger partial charge in [0.05, 0.1) is 11.7 Å². The van der Waals surface area contributed by atoms with Crippen LogP contribution in [0, 0.1) is 0 Å². The van der Waals surface area contributed by atoms with Crippen LogP contribution >= 0.6 is 0 Å². The Morgan fingerprint density at radius 2 is 1.90 bits per heavy atom. The Bertz CT molecular complexity index is 523. The number of benzene rings is 1. The summed E-state index contributed by atoms with van der Waals surface area (Å²) in [7, 11) is 0. The van der Waals surface area contributed by atoms with E-state index in [0.29, 0.717) is 5.92 Å². The Morgan fingerprint density at radius 1 is 1.20 bits per heavy atom. The van der Waals surface area contributed by atoms with Crippen molar-refractivity contribution in [1.82, 2.24) is 15.1 Å². The molecule has 2 aromatic rings. The molecule has 2 rings (SSSR count). The molecule has 0 aliphatic heterocycles. The third-order valence-corrected chi connectivity index (χ3v) is 3.47. The van der Waals surface area contributed by atoms with Crippen molar-refractivity contribution in [3.8, 4) is 0 Å². The zero-order valence-electron chi connectivity index (χ0n) is 12.9. The van der Waals surface area contributed by atoms with Crippen LogP contribution in [-0.4, -0.2) is 16.3 Å². The van der Waals surface area contributed by atoms with Gasteiger partial charge in [-0.05, 0) is 32.3 Å². The first-order valence-corrected chi connectivity index (χ1v) is 7.26. The molecule has 0 saturated heterocycles. The predicted octanol–water partition coefficient (Wildman–Crippen LogP) is 3.53. The summed E-state index contributed by atoms with van der Waals surface area (Å²) in [6, 6.07) is 10.6. The van der Waals surface area contributed by atoms with Gasteiger partial charge in [0.2, 0.25) is 0 Å². The molecule has 1 N–H and O–H groups in total. The third kappa shape index (κ3) is 3.94. The number of nitrogens with one attached hydrogen (secondary N) is 1. The second kappa shape index (κ2) is 6.23. The lowest BCUT2D eigenvalue weighted by Gasteiger charge is -2.18. The topological polar surface area (TPSA) is 29.9 Å². The summed E-state index contributed by atoms with van der Waals surface area (Å²) in [4.78, 5) is 0. The van der Waals surface area contributed by atoms with Crippen LogP contribution in [-0.2, 0) is 12.1 Å². The Labute approximate surface area is 122 Å². The molecule has 3 nitrogen and oxygen atoms in total. The highest BCUT2D eigenvalue weighted by molar-refractivity contribution is 5.19. The van der Waals surface area contributed by atoms with Crippen molar-refractivity contribution >= 4 is 0 Å². The Kier molecular flexibility index (Phi) is 4.61. The summed E-state index contributed by atoms with van der Waals surface area (Å²) < 4.78 is 2.02. The maximum atomic E-state index is 4.42. The second-order valence-electron chi connectivity index (χ2n) is 6.41. The van der Waals surface area contributed by atoms with Crippen molar-refractivity contribution in [3.63, 3.8) is 0 Å². The minimum atomic E-state index is 0.0512. The monoisotopic (exact) mass is 271 g/mol. The van der Waals surface area contributed by atoms with E-state index in [1.807, 2.05) is 10.9 Å². The Morgan fingerprint density at radius 3 is 2.50 bits per heavy atom. The second-order valence-corrected chi connectivity index (χ2v) is 6.41. The summed E-state index contributed by atoms with van der Waals surface area (Å²) in [6.45, 7) is 10.6. The predicted molar refractivity (Wildman–Crippen MR) is 83.8 cm³/mol. The molecule has 0 aliphatic rings. The van der Waals surface area contributed by atoms with Gasteiger partial charge >= 0.3 is 0 Å². The zero-order chi connectivity index (χ0) is 14.6. The van der Waals surface area contributed by atoms with E-state index in [2.05, 4.69) is 74.6 Å². The van der Waals surface area contributed by atoms with E-state index in [1.165, 1.54) is 11.1 Å². The first kappa shape index (κ1) is 14.8. The van der Waals surface area contributed by atoms with E-state index in [9.17, 15) is 0 Å². The van der Waals surface area contributed by atoms with Crippen LogP contribution < -0.4 is 5.32 Å². The summed E-state index contributed by atoms with van der Waals surface area (Å²) in [5.74, 6) is 0.522. The summed E-state index contributed by atoms with van der Waals surface area (Å²) >= 11 is 0. The van der Waals surface area contributed by atoms with Gasteiger partial charge in [-0.25, -0.2) is 0 Å². The standard InChI is InChI=1S/C17H25N3/c1-14(16-8-6-5-7-9-16)10-18-11-15-12-19-20(13-15)17(2,3)4/h5-9,12-14,18H,10-11H2,1-4H3. The van der Waals surface area contributed by atoms with Crippen LogP contribution in [0.4, 0.5) is 0 Å². The SMILES string of the molecule is CC(CNCc1cnn(C(C)(C)C)c1)c1ccccc1. The highest BCUT2D eigenvalue weighted by Crippen LogP contribution is 2.15. The van der Waals surface area contributed by atoms with Gasteiger partial charge in [0.25, 0.3) is 0 Å². The minimum Gasteiger partial charge on any atom is -0.312 e. The summed E-state index contributed by atoms with van der Waals surface area (Å²) in [5, 5.41) is 7.93. The molecule has 0 spiro atoms. The highest BCUT2D eigenvalue weighted by Gasteiger charge is 2.13. The molecule has 0 saturated carbocycles. The fourth-order valence-electron chi connectivity index (χ4n) is 2.15. The van der Waals surface area contributed by atoms with E-state index in [4.69, 9.17) is 0 Å². The molecule has 1 aromatic heterocycles. The third-order valence-electron chi connectivity index (χ3n) is 3.47. The molecule has 3 heteroatoms. The van der Waals surface area contributed by atoms with Crippen molar-refractivity contribution in [2.24, 2.45) is 0 Å². The molecule has 20 heavy (non-hydrogen) atoms. The normalized spacial score (nSPS) is 13.4. The molecular formula is C17H25N3. The Hall–Kier alpha value is -1.61. The van der Waals surface area contributed by atoms with E-state index in [1.54, 1.807) is 0 Å². The molecule has 0 radical (unpaired) electrons. The number of hydrogen-bond acceptors (Lipinski definition) is 2. The van der Waals surface area contributed by atoms with Crippen LogP contribution in [0.1, 0.15) is 44.7 Å². The van der Waals surface area contributed by atoms with Gasteiger partial charge in [-0.15, -0.1) is 0 Å². The highest BCUT2D eigenvalue weighted by atomic mass is 15.3. The molecule has 1 atom stereocenters. The van der Waals surface area contributed by atoms with Crippen molar-refractivity contribution in [2.45, 2.75) is 45.7 Å². The number of hydrogen-bond donors (Lipinski definition) is 1. The lowest BCUT2D eigenvalue weighted by molar-refractivity contribution is 0.355. The lowest BCUT2D eigenvalue weighted by Crippen LogP contribution is -2.22. The molecule has 0 aliphatic carbocycles. The van der Waals surface area contributed by atoms with Gasteiger partial charge in [-0.1, -0.05) is 37.3 Å². The smallest absolute Gasteiger partial charge is 0.0543 e. The molecular weight excluding hydrogens is 246 g/mol. The first-order valence-electron chi connectivity index (χ1n) is 7.26. The molecule has 1 heterocycles. The maximum absolute atomic E-state index is 4.42. The van der Waals surface area contributed by atoms with Crippen LogP contribution in [0.2, 0.25) is 0 Å². The van der Waals surface area contributed by atoms with Gasteiger partial charge in [-0.2, -0.15) is 5.10 Å². The summed E-state index contributed by atoms with van der Waals surface area (Å²) in [6.07, 6.45) is 4.08. The van der Waals surface area contributed by atoms with Crippen LogP contribution in [0.25, 0.3) is 0 Å². The molecule has 0 fully saturated rings. The zero-order valence-corrected chi connectivity index (χ0v) is 12.9. The van der Waals surface area contributed by atoms with E-state index in [0.717, 1.165) is 13.1 Å². The Balaban J connectivity index is 1.83. The van der Waals surface area contributed by atoms with E-state index < -0.39 is 0 Å². The number of nitrogens with zero attached hydrogens (tertiary/aromatic N) is 2. The van der Waals surface area contributed by atoms with E-state index in [-0.39, 0.29) is 5.54 Å². The first-order chi connectivity index (χ1) is 9.47. The average molecular weight is 271 g/mol. The van der Waals surface area contributed by atoms with Gasteiger partial charge in [0, 0.05) is 24.8 Å². The van der Waals surface area contributed by atoms with Crippen molar-refractivity contribution in [1.29, 1.82) is 0 Å². The minimum absolute atomic E-state index is 0.0512. The van der Waals surface area contributed by atoms with Crippen molar-refractivity contribution < 1.29 is 0 Å². The molecule has 1 aromatic carbocycles. The van der Waals surface area contributed by atoms with Crippen molar-refractivity contribution in [3.05, 3.63) is 53.9 Å². The average Bonchev–Trinajstić information content (AvgIpc) is 2.88. The van der Waals surface area contributed by atoms with Gasteiger partial charge in [0.15, 0.2) is 0 Å². The van der Waals surface area contributed by atoms with Crippen LogP contribution in [0.5, 0.6) is 0 Å². The largest absolute Gasteiger partial charge is 0.312 e. The molecule has 108 valence electrons.